The number of halogens is 1. The molecule has 0 atom stereocenters. The Kier molecular flexibility index (Phi) is 6.90. The van der Waals surface area contributed by atoms with E-state index in [4.69, 9.17) is 11.1 Å². The predicted molar refractivity (Wildman–Crippen MR) is 155 cm³/mol. The topological polar surface area (TPSA) is 0 Å². The molecular weight excluding hydrogens is 456 g/mol. The first-order valence-electron chi connectivity index (χ1n) is 11.6. The van der Waals surface area contributed by atoms with E-state index < -0.39 is 23.5 Å². The van der Waals surface area contributed by atoms with E-state index in [1.807, 2.05) is 0 Å². The Labute approximate surface area is 203 Å². The van der Waals surface area contributed by atoms with Crippen molar-refractivity contribution in [3.63, 3.8) is 0 Å². The lowest BCUT2D eigenvalue weighted by Crippen LogP contribution is -2.65. The molecule has 170 valence electrons. The molecule has 0 aliphatic rings. The lowest BCUT2D eigenvalue weighted by Gasteiger charge is -2.32. The maximum absolute atomic E-state index is 8.02. The SMILES string of the molecule is Cc1cc(C)cc([Si](Cl)(c2cc(C)cc(C)c2)c2cc([Si](C)(C)C)cc([Si](C)(C)C)c2)c1. The van der Waals surface area contributed by atoms with E-state index >= 15 is 0 Å². The van der Waals surface area contributed by atoms with E-state index in [2.05, 4.69) is 122 Å². The maximum atomic E-state index is 8.02. The molecule has 0 unspecified atom stereocenters. The largest absolute Gasteiger partial charge is 0.247 e. The Bertz CT molecular complexity index is 1030. The molecule has 0 heterocycles. The monoisotopic (exact) mass is 494 g/mol. The average molecular weight is 495 g/mol. The van der Waals surface area contributed by atoms with E-state index in [1.165, 1.54) is 48.2 Å². The molecule has 0 bridgehead atoms. The van der Waals surface area contributed by atoms with Gasteiger partial charge >= 0.3 is 0 Å². The fourth-order valence-electron chi connectivity index (χ4n) is 4.54. The molecule has 32 heavy (non-hydrogen) atoms. The summed E-state index contributed by atoms with van der Waals surface area (Å²) in [6.45, 7) is 23.5. The third-order valence-electron chi connectivity index (χ3n) is 6.30. The van der Waals surface area contributed by atoms with Crippen LogP contribution in [0.2, 0.25) is 39.3 Å². The third kappa shape index (κ3) is 5.22. The first-order valence-corrected chi connectivity index (χ1v) is 21.6. The quantitative estimate of drug-likeness (QED) is 0.259. The van der Waals surface area contributed by atoms with Crippen LogP contribution in [0.1, 0.15) is 22.3 Å². The van der Waals surface area contributed by atoms with Gasteiger partial charge in [0.25, 0.3) is 0 Å². The van der Waals surface area contributed by atoms with E-state index in [0.717, 1.165) is 0 Å². The van der Waals surface area contributed by atoms with Gasteiger partial charge in [-0.25, -0.2) is 0 Å². The van der Waals surface area contributed by atoms with Gasteiger partial charge in [0.05, 0.1) is 16.1 Å². The fourth-order valence-corrected chi connectivity index (χ4v) is 11.7. The molecule has 3 aromatic rings. The highest BCUT2D eigenvalue weighted by Crippen LogP contribution is 2.17. The highest BCUT2D eigenvalue weighted by Gasteiger charge is 2.40. The van der Waals surface area contributed by atoms with Crippen LogP contribution >= 0.6 is 11.1 Å². The van der Waals surface area contributed by atoms with E-state index in [-0.39, 0.29) is 0 Å². The molecule has 0 fully saturated rings. The second-order valence-corrected chi connectivity index (χ2v) is 26.6. The van der Waals surface area contributed by atoms with Crippen molar-refractivity contribution in [2.45, 2.75) is 67.0 Å². The fraction of sp³-hybridized carbons (Fsp3) is 0.357. The molecule has 0 radical (unpaired) electrons. The highest BCUT2D eigenvalue weighted by atomic mass is 35.6. The van der Waals surface area contributed by atoms with Crippen LogP contribution in [-0.4, -0.2) is 23.5 Å². The number of aryl methyl sites for hydroxylation is 4. The van der Waals surface area contributed by atoms with Crippen molar-refractivity contribution in [2.24, 2.45) is 0 Å². The lowest BCUT2D eigenvalue weighted by molar-refractivity contribution is 1.39. The van der Waals surface area contributed by atoms with Crippen molar-refractivity contribution in [2.75, 3.05) is 0 Å². The summed E-state index contributed by atoms with van der Waals surface area (Å²) in [7, 11) is -5.73. The summed E-state index contributed by atoms with van der Waals surface area (Å²) in [5, 5.41) is 7.01. The van der Waals surface area contributed by atoms with Gasteiger partial charge in [0.2, 0.25) is 7.38 Å². The molecule has 0 amide bonds. The summed E-state index contributed by atoms with van der Waals surface area (Å²) in [4.78, 5) is 0. The zero-order valence-electron chi connectivity index (χ0n) is 21.6. The van der Waals surface area contributed by atoms with Crippen molar-refractivity contribution in [1.82, 2.24) is 0 Å². The van der Waals surface area contributed by atoms with Crippen molar-refractivity contribution >= 4 is 60.5 Å². The molecule has 4 heteroatoms. The van der Waals surface area contributed by atoms with E-state index in [9.17, 15) is 0 Å². The first kappa shape index (κ1) is 25.2. The van der Waals surface area contributed by atoms with Crippen LogP contribution in [0.15, 0.2) is 54.6 Å². The van der Waals surface area contributed by atoms with E-state index in [1.54, 1.807) is 0 Å². The molecule has 3 rings (SSSR count). The van der Waals surface area contributed by atoms with Crippen molar-refractivity contribution in [3.05, 3.63) is 76.9 Å². The van der Waals surface area contributed by atoms with Crippen LogP contribution in [0.5, 0.6) is 0 Å². The molecule has 0 aliphatic heterocycles. The van der Waals surface area contributed by atoms with Gasteiger partial charge in [0.15, 0.2) is 0 Å². The van der Waals surface area contributed by atoms with Crippen LogP contribution in [0, 0.1) is 27.7 Å². The molecule has 3 aromatic carbocycles. The smallest absolute Gasteiger partial charge is 0.149 e. The minimum atomic E-state index is -2.71. The number of benzene rings is 3. The van der Waals surface area contributed by atoms with Gasteiger partial charge in [-0.05, 0) is 43.3 Å². The normalized spacial score (nSPS) is 12.8. The Morgan fingerprint density at radius 3 is 0.938 bits per heavy atom. The van der Waals surface area contributed by atoms with Crippen LogP contribution in [0.25, 0.3) is 0 Å². The van der Waals surface area contributed by atoms with Crippen LogP contribution in [-0.2, 0) is 0 Å². The minimum absolute atomic E-state index is 1.29. The van der Waals surface area contributed by atoms with Gasteiger partial charge in [0.1, 0.15) is 0 Å². The van der Waals surface area contributed by atoms with Gasteiger partial charge in [-0.2, -0.15) is 0 Å². The Morgan fingerprint density at radius 2 is 0.656 bits per heavy atom. The van der Waals surface area contributed by atoms with Gasteiger partial charge in [-0.3, -0.25) is 0 Å². The van der Waals surface area contributed by atoms with Gasteiger partial charge in [0, 0.05) is 0 Å². The van der Waals surface area contributed by atoms with Gasteiger partial charge < -0.3 is 0 Å². The van der Waals surface area contributed by atoms with Crippen molar-refractivity contribution in [3.8, 4) is 0 Å². The Balaban J connectivity index is 2.46. The predicted octanol–water partition coefficient (Wildman–Crippen LogP) is 5.22. The third-order valence-corrected chi connectivity index (χ3v) is 15.6. The standard InChI is InChI=1S/C28H39ClSi3/c1-20-11-21(2)14-26(13-20)32(29,27-15-22(3)12-23(4)16-27)28-18-24(30(5,6)7)17-25(19-28)31(8,9)10/h11-19H,1-10H3. The summed E-state index contributed by atoms with van der Waals surface area (Å²) in [5.74, 6) is 0. The summed E-state index contributed by atoms with van der Waals surface area (Å²) in [5.41, 5.74) is 5.14. The van der Waals surface area contributed by atoms with Crippen molar-refractivity contribution < 1.29 is 0 Å². The Hall–Kier alpha value is -1.40. The van der Waals surface area contributed by atoms with Crippen LogP contribution < -0.4 is 25.9 Å². The number of hydrogen-bond donors (Lipinski definition) is 0. The van der Waals surface area contributed by atoms with Gasteiger partial charge in [-0.15, -0.1) is 11.1 Å². The molecule has 0 saturated carbocycles. The first-order chi connectivity index (χ1) is 14.6. The lowest BCUT2D eigenvalue weighted by atomic mass is 10.2. The molecule has 0 N–H and O–H groups in total. The summed E-state index contributed by atoms with van der Waals surface area (Å²) < 4.78 is 0. The zero-order valence-corrected chi connectivity index (χ0v) is 25.3. The summed E-state index contributed by atoms with van der Waals surface area (Å²) >= 11 is 8.02. The maximum Gasteiger partial charge on any atom is 0.247 e. The zero-order chi connectivity index (χ0) is 24.1. The van der Waals surface area contributed by atoms with Crippen LogP contribution in [0.4, 0.5) is 0 Å². The summed E-state index contributed by atoms with van der Waals surface area (Å²) in [6.07, 6.45) is 0. The van der Waals surface area contributed by atoms with Gasteiger partial charge in [-0.1, -0.05) is 127 Å². The Morgan fingerprint density at radius 1 is 0.406 bits per heavy atom. The highest BCUT2D eigenvalue weighted by molar-refractivity contribution is 7.40. The second kappa shape index (κ2) is 8.75. The summed E-state index contributed by atoms with van der Waals surface area (Å²) in [6, 6.07) is 21.3. The molecular formula is C28H39ClSi3. The average Bonchev–Trinajstić information content (AvgIpc) is 2.64. The number of rotatable bonds is 5. The molecule has 0 saturated heterocycles. The van der Waals surface area contributed by atoms with Crippen molar-refractivity contribution in [1.29, 1.82) is 0 Å². The molecule has 0 aliphatic carbocycles. The molecule has 0 spiro atoms. The molecule has 0 aromatic heterocycles. The van der Waals surface area contributed by atoms with Crippen LogP contribution in [0.3, 0.4) is 0 Å². The minimum Gasteiger partial charge on any atom is -0.149 e. The number of hydrogen-bond acceptors (Lipinski definition) is 0. The molecule has 0 nitrogen and oxygen atoms in total. The second-order valence-electron chi connectivity index (χ2n) is 11.7. The van der Waals surface area contributed by atoms with E-state index in [0.29, 0.717) is 0 Å².